The number of nitrogens with zero attached hydrogens (tertiary/aromatic N) is 3. The molecule has 6 nitrogen and oxygen atoms in total. The van der Waals surface area contributed by atoms with Crippen LogP contribution in [0.2, 0.25) is 0 Å². The van der Waals surface area contributed by atoms with Crippen LogP contribution in [-0.2, 0) is 0 Å². The molecule has 0 bridgehead atoms. The summed E-state index contributed by atoms with van der Waals surface area (Å²) in [5.74, 6) is -0.616. The second-order valence-electron chi connectivity index (χ2n) is 4.41. The van der Waals surface area contributed by atoms with Gasteiger partial charge >= 0.3 is 0 Å². The summed E-state index contributed by atoms with van der Waals surface area (Å²) in [5, 5.41) is 11.0. The Bertz CT molecular complexity index is 472. The molecule has 0 aromatic heterocycles. The van der Waals surface area contributed by atoms with Crippen molar-refractivity contribution in [1.82, 2.24) is 4.90 Å². The Hall–Kier alpha value is -1.89. The number of nitro groups is 1. The normalized spacial score (nSPS) is 16.9. The number of nitro benzene ring substituents is 1. The van der Waals surface area contributed by atoms with Crippen LogP contribution in [0.3, 0.4) is 0 Å². The minimum absolute atomic E-state index is 0.140. The number of hydrogen-bond acceptors (Lipinski definition) is 5. The molecule has 7 heteroatoms. The molecular formula is C11H15FN4O2. The van der Waals surface area contributed by atoms with Gasteiger partial charge in [-0.25, -0.2) is 4.39 Å². The molecule has 0 atom stereocenters. The highest BCUT2D eigenvalue weighted by Crippen LogP contribution is 2.32. The number of nitrogens with two attached hydrogens (primary N) is 1. The van der Waals surface area contributed by atoms with Crippen LogP contribution in [0.25, 0.3) is 0 Å². The first kappa shape index (κ1) is 12.6. The van der Waals surface area contributed by atoms with Crippen molar-refractivity contribution in [1.29, 1.82) is 0 Å². The Morgan fingerprint density at radius 2 is 1.94 bits per heavy atom. The Labute approximate surface area is 104 Å². The van der Waals surface area contributed by atoms with E-state index in [-0.39, 0.29) is 11.4 Å². The number of hydrogen-bond donors (Lipinski definition) is 1. The predicted octanol–water partition coefficient (Wildman–Crippen LogP) is 1.07. The Balaban J connectivity index is 2.36. The summed E-state index contributed by atoms with van der Waals surface area (Å²) < 4.78 is 13.5. The molecular weight excluding hydrogens is 239 g/mol. The third-order valence-electron chi connectivity index (χ3n) is 3.13. The maximum Gasteiger partial charge on any atom is 0.294 e. The molecule has 1 aromatic carbocycles. The average molecular weight is 254 g/mol. The van der Waals surface area contributed by atoms with Gasteiger partial charge in [0.05, 0.1) is 10.6 Å². The highest BCUT2D eigenvalue weighted by Gasteiger charge is 2.24. The van der Waals surface area contributed by atoms with E-state index in [4.69, 9.17) is 5.73 Å². The third-order valence-corrected chi connectivity index (χ3v) is 3.13. The van der Waals surface area contributed by atoms with Crippen LogP contribution in [0.15, 0.2) is 12.1 Å². The summed E-state index contributed by atoms with van der Waals surface area (Å²) in [6.45, 7) is 2.87. The van der Waals surface area contributed by atoms with Crippen molar-refractivity contribution < 1.29 is 9.31 Å². The quantitative estimate of drug-likeness (QED) is 0.485. The van der Waals surface area contributed by atoms with Crippen molar-refractivity contribution in [3.63, 3.8) is 0 Å². The van der Waals surface area contributed by atoms with Gasteiger partial charge in [-0.3, -0.25) is 10.1 Å². The van der Waals surface area contributed by atoms with E-state index in [1.54, 1.807) is 0 Å². The molecule has 0 unspecified atom stereocenters. The summed E-state index contributed by atoms with van der Waals surface area (Å²) in [6.07, 6.45) is 0. The molecule has 0 radical (unpaired) electrons. The molecule has 1 aromatic rings. The third kappa shape index (κ3) is 2.35. The molecule has 0 saturated carbocycles. The molecule has 18 heavy (non-hydrogen) atoms. The van der Waals surface area contributed by atoms with Crippen LogP contribution in [0.1, 0.15) is 0 Å². The fourth-order valence-electron chi connectivity index (χ4n) is 2.01. The fourth-order valence-corrected chi connectivity index (χ4v) is 2.01. The van der Waals surface area contributed by atoms with Gasteiger partial charge < -0.3 is 15.5 Å². The van der Waals surface area contributed by atoms with Crippen LogP contribution in [0.5, 0.6) is 0 Å². The minimum atomic E-state index is -0.616. The topological polar surface area (TPSA) is 75.6 Å². The smallest absolute Gasteiger partial charge is 0.294 e. The summed E-state index contributed by atoms with van der Waals surface area (Å²) in [7, 11) is 1.98. The van der Waals surface area contributed by atoms with Gasteiger partial charge in [0.2, 0.25) is 0 Å². The van der Waals surface area contributed by atoms with Crippen molar-refractivity contribution in [2.45, 2.75) is 0 Å². The average Bonchev–Trinajstić information content (AvgIpc) is 2.33. The molecule has 1 heterocycles. The first-order chi connectivity index (χ1) is 8.49. The molecule has 0 aliphatic carbocycles. The largest absolute Gasteiger partial charge is 0.396 e. The van der Waals surface area contributed by atoms with Gasteiger partial charge in [-0.05, 0) is 7.05 Å². The van der Waals surface area contributed by atoms with Crippen LogP contribution in [-0.4, -0.2) is 43.0 Å². The van der Waals surface area contributed by atoms with Crippen LogP contribution >= 0.6 is 0 Å². The Kier molecular flexibility index (Phi) is 3.33. The lowest BCUT2D eigenvalue weighted by molar-refractivity contribution is -0.384. The second-order valence-corrected chi connectivity index (χ2v) is 4.41. The van der Waals surface area contributed by atoms with E-state index in [1.807, 2.05) is 11.9 Å². The zero-order valence-corrected chi connectivity index (χ0v) is 10.1. The summed E-state index contributed by atoms with van der Waals surface area (Å²) in [6, 6.07) is 2.24. The van der Waals surface area contributed by atoms with Crippen molar-refractivity contribution in [3.05, 3.63) is 28.1 Å². The summed E-state index contributed by atoms with van der Waals surface area (Å²) in [4.78, 5) is 14.4. The molecule has 1 saturated heterocycles. The number of piperazine rings is 1. The van der Waals surface area contributed by atoms with Gasteiger partial charge in [-0.15, -0.1) is 0 Å². The lowest BCUT2D eigenvalue weighted by atomic mass is 10.2. The monoisotopic (exact) mass is 254 g/mol. The van der Waals surface area contributed by atoms with E-state index in [0.29, 0.717) is 18.8 Å². The molecule has 0 amide bonds. The summed E-state index contributed by atoms with van der Waals surface area (Å²) in [5.41, 5.74) is 5.34. The van der Waals surface area contributed by atoms with Crippen molar-refractivity contribution in [2.24, 2.45) is 0 Å². The van der Waals surface area contributed by atoms with Crippen molar-refractivity contribution >= 4 is 17.1 Å². The molecule has 1 fully saturated rings. The molecule has 1 aliphatic rings. The fraction of sp³-hybridized carbons (Fsp3) is 0.455. The zero-order valence-electron chi connectivity index (χ0n) is 10.1. The first-order valence-corrected chi connectivity index (χ1v) is 5.66. The van der Waals surface area contributed by atoms with Gasteiger partial charge in [0.1, 0.15) is 11.5 Å². The van der Waals surface area contributed by atoms with Gasteiger partial charge in [0, 0.05) is 38.3 Å². The second kappa shape index (κ2) is 4.77. The molecule has 0 spiro atoms. The SMILES string of the molecule is CN1CCN(c2cc(F)c(N)cc2[N+](=O)[O-])CC1. The van der Waals surface area contributed by atoms with E-state index in [2.05, 4.69) is 4.90 Å². The van der Waals surface area contributed by atoms with E-state index in [0.717, 1.165) is 25.2 Å². The molecule has 98 valence electrons. The van der Waals surface area contributed by atoms with Crippen LogP contribution in [0.4, 0.5) is 21.5 Å². The van der Waals surface area contributed by atoms with E-state index in [9.17, 15) is 14.5 Å². The number of anilines is 2. The lowest BCUT2D eigenvalue weighted by Gasteiger charge is -2.33. The number of nitrogen functional groups attached to an aromatic ring is 1. The molecule has 2 rings (SSSR count). The highest BCUT2D eigenvalue weighted by molar-refractivity contribution is 5.68. The van der Waals surface area contributed by atoms with Gasteiger partial charge in [0.15, 0.2) is 0 Å². The maximum absolute atomic E-state index is 13.5. The molecule has 2 N–H and O–H groups in total. The van der Waals surface area contributed by atoms with E-state index < -0.39 is 10.7 Å². The van der Waals surface area contributed by atoms with Crippen molar-refractivity contribution in [3.8, 4) is 0 Å². The van der Waals surface area contributed by atoms with Crippen molar-refractivity contribution in [2.75, 3.05) is 43.9 Å². The highest BCUT2D eigenvalue weighted by atomic mass is 19.1. The Morgan fingerprint density at radius 3 is 2.50 bits per heavy atom. The number of halogens is 1. The van der Waals surface area contributed by atoms with Gasteiger partial charge in [0.25, 0.3) is 5.69 Å². The number of likely N-dealkylation sites (N-methyl/N-ethyl adjacent to an activating group) is 1. The lowest BCUT2D eigenvalue weighted by Crippen LogP contribution is -2.44. The summed E-state index contributed by atoms with van der Waals surface area (Å²) >= 11 is 0. The van der Waals surface area contributed by atoms with Crippen LogP contribution in [0, 0.1) is 15.9 Å². The standard InChI is InChI=1S/C11H15FN4O2/c1-14-2-4-15(5-3-14)10-6-8(12)9(13)7-11(10)16(17)18/h6-7H,2-5,13H2,1H3. The first-order valence-electron chi connectivity index (χ1n) is 5.66. The Morgan fingerprint density at radius 1 is 1.33 bits per heavy atom. The van der Waals surface area contributed by atoms with E-state index >= 15 is 0 Å². The number of rotatable bonds is 2. The van der Waals surface area contributed by atoms with Crippen LogP contribution < -0.4 is 10.6 Å². The van der Waals surface area contributed by atoms with Gasteiger partial charge in [-0.1, -0.05) is 0 Å². The minimum Gasteiger partial charge on any atom is -0.396 e. The maximum atomic E-state index is 13.5. The van der Waals surface area contributed by atoms with E-state index in [1.165, 1.54) is 0 Å². The predicted molar refractivity (Wildman–Crippen MR) is 67.2 cm³/mol. The number of benzene rings is 1. The zero-order chi connectivity index (χ0) is 13.3. The molecule has 1 aliphatic heterocycles. The van der Waals surface area contributed by atoms with Gasteiger partial charge in [-0.2, -0.15) is 0 Å².